The molecular formula is C19H20FNO6. The number of nitrogens with zero attached hydrogens (tertiary/aromatic N) is 1. The Bertz CT molecular complexity index is 796. The third-order valence-corrected chi connectivity index (χ3v) is 3.81. The lowest BCUT2D eigenvalue weighted by molar-refractivity contribution is -0.137. The van der Waals surface area contributed by atoms with Gasteiger partial charge in [-0.2, -0.15) is 0 Å². The molecule has 0 aliphatic carbocycles. The molecule has 1 N–H and O–H groups in total. The van der Waals surface area contributed by atoms with E-state index >= 15 is 0 Å². The minimum absolute atomic E-state index is 0.00206. The van der Waals surface area contributed by atoms with Crippen LogP contribution >= 0.6 is 0 Å². The van der Waals surface area contributed by atoms with Gasteiger partial charge in [0.25, 0.3) is 5.91 Å². The number of halogens is 1. The predicted octanol–water partition coefficient (Wildman–Crippen LogP) is 2.58. The van der Waals surface area contributed by atoms with Crippen molar-refractivity contribution in [1.82, 2.24) is 4.90 Å². The number of carbonyl (C=O) groups excluding carboxylic acids is 1. The molecule has 0 aliphatic heterocycles. The minimum atomic E-state index is -1.17. The second-order valence-corrected chi connectivity index (χ2v) is 5.60. The molecular weight excluding hydrogens is 357 g/mol. The van der Waals surface area contributed by atoms with Crippen molar-refractivity contribution in [2.45, 2.75) is 6.54 Å². The van der Waals surface area contributed by atoms with Crippen LogP contribution in [-0.4, -0.2) is 49.8 Å². The summed E-state index contributed by atoms with van der Waals surface area (Å²) in [5, 5.41) is 9.16. The molecule has 0 aliphatic rings. The van der Waals surface area contributed by atoms with Gasteiger partial charge < -0.3 is 24.2 Å². The number of amides is 1. The van der Waals surface area contributed by atoms with Gasteiger partial charge in [-0.05, 0) is 29.8 Å². The molecule has 2 aromatic rings. The van der Waals surface area contributed by atoms with Crippen molar-refractivity contribution < 1.29 is 33.3 Å². The van der Waals surface area contributed by atoms with E-state index in [4.69, 9.17) is 19.3 Å². The summed E-state index contributed by atoms with van der Waals surface area (Å²) in [6, 6.07) is 8.38. The average molecular weight is 377 g/mol. The zero-order valence-electron chi connectivity index (χ0n) is 15.2. The molecule has 0 bridgehead atoms. The van der Waals surface area contributed by atoms with Crippen molar-refractivity contribution in [3.05, 3.63) is 53.3 Å². The number of aliphatic carboxylic acids is 1. The van der Waals surface area contributed by atoms with Crippen LogP contribution in [0.4, 0.5) is 4.39 Å². The van der Waals surface area contributed by atoms with Crippen molar-refractivity contribution in [2.75, 3.05) is 27.9 Å². The highest BCUT2D eigenvalue weighted by atomic mass is 19.1. The van der Waals surface area contributed by atoms with E-state index in [1.165, 1.54) is 57.7 Å². The van der Waals surface area contributed by atoms with Crippen LogP contribution in [0.25, 0.3) is 0 Å². The number of methoxy groups -OCH3 is 3. The number of carbonyl (C=O) groups is 2. The maximum absolute atomic E-state index is 13.1. The second kappa shape index (κ2) is 8.88. The fraction of sp³-hybridized carbons (Fsp3) is 0.263. The van der Waals surface area contributed by atoms with E-state index in [0.29, 0.717) is 11.3 Å². The Labute approximate surface area is 155 Å². The molecule has 0 unspecified atom stereocenters. The molecule has 2 aromatic carbocycles. The maximum Gasteiger partial charge on any atom is 0.323 e. The summed E-state index contributed by atoms with van der Waals surface area (Å²) in [6.45, 7) is -0.519. The first-order valence-corrected chi connectivity index (χ1v) is 7.95. The van der Waals surface area contributed by atoms with Crippen LogP contribution < -0.4 is 14.2 Å². The summed E-state index contributed by atoms with van der Waals surface area (Å²) in [4.78, 5) is 25.3. The molecule has 0 radical (unpaired) electrons. The molecule has 0 fully saturated rings. The number of rotatable bonds is 8. The van der Waals surface area contributed by atoms with E-state index in [9.17, 15) is 14.0 Å². The van der Waals surface area contributed by atoms with Crippen LogP contribution in [-0.2, 0) is 11.3 Å². The van der Waals surface area contributed by atoms with E-state index in [-0.39, 0.29) is 23.6 Å². The summed E-state index contributed by atoms with van der Waals surface area (Å²) in [5.74, 6) is -1.26. The number of benzene rings is 2. The number of carboxylic acid groups (broad SMARTS) is 1. The first-order chi connectivity index (χ1) is 12.9. The van der Waals surface area contributed by atoms with Gasteiger partial charge in [0.15, 0.2) is 11.5 Å². The van der Waals surface area contributed by atoms with Gasteiger partial charge in [0.05, 0.1) is 21.3 Å². The van der Waals surface area contributed by atoms with Crippen molar-refractivity contribution in [1.29, 1.82) is 0 Å². The number of hydrogen-bond acceptors (Lipinski definition) is 5. The topological polar surface area (TPSA) is 85.3 Å². The monoisotopic (exact) mass is 377 g/mol. The summed E-state index contributed by atoms with van der Waals surface area (Å²) in [6.07, 6.45) is 0. The minimum Gasteiger partial charge on any atom is -0.493 e. The van der Waals surface area contributed by atoms with Crippen LogP contribution in [0.2, 0.25) is 0 Å². The third-order valence-electron chi connectivity index (χ3n) is 3.81. The van der Waals surface area contributed by atoms with Gasteiger partial charge in [-0.15, -0.1) is 0 Å². The van der Waals surface area contributed by atoms with Crippen molar-refractivity contribution in [2.24, 2.45) is 0 Å². The zero-order chi connectivity index (χ0) is 20.0. The quantitative estimate of drug-likeness (QED) is 0.761. The largest absolute Gasteiger partial charge is 0.493 e. The number of carboxylic acids is 1. The highest BCUT2D eigenvalue weighted by molar-refractivity contribution is 5.97. The molecule has 2 rings (SSSR count). The van der Waals surface area contributed by atoms with E-state index < -0.39 is 24.2 Å². The first kappa shape index (κ1) is 20.0. The SMILES string of the molecule is COc1cc(C(=O)N(CC(=O)O)Cc2ccc(F)cc2)cc(OC)c1OC. The molecule has 0 heterocycles. The Morgan fingerprint density at radius 2 is 1.56 bits per heavy atom. The number of ether oxygens (including phenoxy) is 3. The van der Waals surface area contributed by atoms with Crippen LogP contribution in [0.15, 0.2) is 36.4 Å². The molecule has 0 saturated carbocycles. The Balaban J connectivity index is 2.39. The molecule has 7 nitrogen and oxygen atoms in total. The summed E-state index contributed by atoms with van der Waals surface area (Å²) >= 11 is 0. The molecule has 8 heteroatoms. The van der Waals surface area contributed by atoms with Crippen molar-refractivity contribution in [3.8, 4) is 17.2 Å². The normalized spacial score (nSPS) is 10.2. The molecule has 27 heavy (non-hydrogen) atoms. The van der Waals surface area contributed by atoms with Gasteiger partial charge in [-0.3, -0.25) is 9.59 Å². The summed E-state index contributed by atoms with van der Waals surface area (Å²) in [7, 11) is 4.27. The van der Waals surface area contributed by atoms with Gasteiger partial charge in [0.2, 0.25) is 5.75 Å². The summed E-state index contributed by atoms with van der Waals surface area (Å²) in [5.41, 5.74) is 0.770. The van der Waals surface area contributed by atoms with Gasteiger partial charge in [0, 0.05) is 12.1 Å². The van der Waals surface area contributed by atoms with Crippen LogP contribution in [0.3, 0.4) is 0 Å². The van der Waals surface area contributed by atoms with Crippen LogP contribution in [0.1, 0.15) is 15.9 Å². The highest BCUT2D eigenvalue weighted by Gasteiger charge is 2.23. The Morgan fingerprint density at radius 1 is 1.00 bits per heavy atom. The molecule has 0 aromatic heterocycles. The Hall–Kier alpha value is -3.29. The van der Waals surface area contributed by atoms with E-state index in [2.05, 4.69) is 0 Å². The Kier molecular flexibility index (Phi) is 6.59. The van der Waals surface area contributed by atoms with E-state index in [0.717, 1.165) is 4.90 Å². The smallest absolute Gasteiger partial charge is 0.323 e. The molecule has 0 spiro atoms. The molecule has 0 saturated heterocycles. The fourth-order valence-electron chi connectivity index (χ4n) is 2.56. The molecule has 144 valence electrons. The fourth-order valence-corrected chi connectivity index (χ4v) is 2.56. The van der Waals surface area contributed by atoms with Gasteiger partial charge >= 0.3 is 5.97 Å². The van der Waals surface area contributed by atoms with Crippen LogP contribution in [0.5, 0.6) is 17.2 Å². The van der Waals surface area contributed by atoms with E-state index in [1.54, 1.807) is 0 Å². The first-order valence-electron chi connectivity index (χ1n) is 7.95. The van der Waals surface area contributed by atoms with Crippen LogP contribution in [0, 0.1) is 5.82 Å². The lowest BCUT2D eigenvalue weighted by Gasteiger charge is -2.22. The Morgan fingerprint density at radius 3 is 2.00 bits per heavy atom. The third kappa shape index (κ3) is 4.87. The average Bonchev–Trinajstić information content (AvgIpc) is 2.66. The maximum atomic E-state index is 13.1. The van der Waals surface area contributed by atoms with Gasteiger partial charge in [-0.25, -0.2) is 4.39 Å². The van der Waals surface area contributed by atoms with Gasteiger partial charge in [0.1, 0.15) is 12.4 Å². The highest BCUT2D eigenvalue weighted by Crippen LogP contribution is 2.38. The van der Waals surface area contributed by atoms with E-state index in [1.807, 2.05) is 0 Å². The summed E-state index contributed by atoms with van der Waals surface area (Å²) < 4.78 is 28.8. The molecule has 1 amide bonds. The lowest BCUT2D eigenvalue weighted by Crippen LogP contribution is -2.35. The van der Waals surface area contributed by atoms with Crippen molar-refractivity contribution in [3.63, 3.8) is 0 Å². The van der Waals surface area contributed by atoms with Crippen molar-refractivity contribution >= 4 is 11.9 Å². The zero-order valence-corrected chi connectivity index (χ0v) is 15.2. The second-order valence-electron chi connectivity index (χ2n) is 5.60. The predicted molar refractivity (Wildman–Crippen MR) is 94.9 cm³/mol. The lowest BCUT2D eigenvalue weighted by atomic mass is 10.1. The standard InChI is InChI=1S/C19H20FNO6/c1-25-15-8-13(9-16(26-2)18(15)27-3)19(24)21(11-17(22)23)10-12-4-6-14(20)7-5-12/h4-9H,10-11H2,1-3H3,(H,22,23). The van der Waals surface area contributed by atoms with Gasteiger partial charge in [-0.1, -0.05) is 12.1 Å². The number of hydrogen-bond donors (Lipinski definition) is 1. The molecule has 0 atom stereocenters.